The summed E-state index contributed by atoms with van der Waals surface area (Å²) in [5, 5.41) is 2.77. The smallest absolute Gasteiger partial charge is 0.287 e. The lowest BCUT2D eigenvalue weighted by Crippen LogP contribution is -2.22. The van der Waals surface area contributed by atoms with Crippen molar-refractivity contribution in [3.05, 3.63) is 53.7 Å². The molecule has 0 aliphatic carbocycles. The molecule has 0 saturated carbocycles. The number of amides is 1. The summed E-state index contributed by atoms with van der Waals surface area (Å²) in [6.07, 6.45) is 3.39. The van der Waals surface area contributed by atoms with Gasteiger partial charge in [-0.3, -0.25) is 9.78 Å². The Morgan fingerprint density at radius 3 is 2.69 bits per heavy atom. The highest BCUT2D eigenvalue weighted by atomic mass is 16.3. The molecule has 1 N–H and O–H groups in total. The Balaban J connectivity index is 1.94. The molecule has 0 bridgehead atoms. The molecule has 0 spiro atoms. The van der Waals surface area contributed by atoms with Gasteiger partial charge in [-0.15, -0.1) is 0 Å². The van der Waals surface area contributed by atoms with Crippen LogP contribution in [0.5, 0.6) is 0 Å². The molecule has 0 saturated heterocycles. The molecule has 1 amide bonds. The highest BCUT2D eigenvalue weighted by Crippen LogP contribution is 2.06. The maximum atomic E-state index is 11.6. The van der Waals surface area contributed by atoms with Crippen molar-refractivity contribution in [1.82, 2.24) is 10.3 Å². The molecule has 0 radical (unpaired) electrons. The van der Waals surface area contributed by atoms with Gasteiger partial charge in [0.25, 0.3) is 5.91 Å². The molecule has 16 heavy (non-hydrogen) atoms. The second kappa shape index (κ2) is 4.61. The molecule has 0 fully saturated rings. The van der Waals surface area contributed by atoms with Crippen LogP contribution in [0.4, 0.5) is 0 Å². The van der Waals surface area contributed by atoms with Crippen LogP contribution in [0, 0.1) is 6.92 Å². The van der Waals surface area contributed by atoms with Gasteiger partial charge in [0.2, 0.25) is 0 Å². The van der Waals surface area contributed by atoms with Crippen molar-refractivity contribution >= 4 is 5.91 Å². The molecule has 4 heteroatoms. The van der Waals surface area contributed by atoms with Crippen LogP contribution < -0.4 is 5.32 Å². The number of carbonyl (C=O) groups excluding carboxylic acids is 1. The van der Waals surface area contributed by atoms with E-state index < -0.39 is 0 Å². The number of rotatable bonds is 3. The second-order valence-electron chi connectivity index (χ2n) is 3.45. The highest BCUT2D eigenvalue weighted by molar-refractivity contribution is 5.91. The van der Waals surface area contributed by atoms with Gasteiger partial charge in [-0.2, -0.15) is 0 Å². The predicted octanol–water partition coefficient (Wildman–Crippen LogP) is 1.91. The van der Waals surface area contributed by atoms with E-state index in [1.54, 1.807) is 31.5 Å². The van der Waals surface area contributed by atoms with E-state index >= 15 is 0 Å². The van der Waals surface area contributed by atoms with Crippen molar-refractivity contribution < 1.29 is 9.21 Å². The summed E-state index contributed by atoms with van der Waals surface area (Å²) in [5.74, 6) is 0.866. The number of hydrogen-bond donors (Lipinski definition) is 1. The van der Waals surface area contributed by atoms with E-state index in [0.717, 1.165) is 11.3 Å². The lowest BCUT2D eigenvalue weighted by atomic mass is 10.2. The van der Waals surface area contributed by atoms with Crippen LogP contribution in [-0.2, 0) is 6.54 Å². The minimum Gasteiger partial charge on any atom is -0.456 e. The Hall–Kier alpha value is -2.10. The molecule has 0 aliphatic heterocycles. The van der Waals surface area contributed by atoms with Gasteiger partial charge in [0, 0.05) is 18.9 Å². The molecule has 2 aromatic heterocycles. The first-order valence-corrected chi connectivity index (χ1v) is 4.99. The minimum atomic E-state index is -0.204. The Morgan fingerprint density at radius 1 is 1.31 bits per heavy atom. The number of pyridine rings is 1. The fourth-order valence-electron chi connectivity index (χ4n) is 1.33. The van der Waals surface area contributed by atoms with E-state index in [0.29, 0.717) is 12.3 Å². The Morgan fingerprint density at radius 2 is 2.06 bits per heavy atom. The van der Waals surface area contributed by atoms with E-state index in [4.69, 9.17) is 4.42 Å². The van der Waals surface area contributed by atoms with Crippen LogP contribution in [0.1, 0.15) is 21.9 Å². The van der Waals surface area contributed by atoms with E-state index in [1.807, 2.05) is 12.1 Å². The summed E-state index contributed by atoms with van der Waals surface area (Å²) >= 11 is 0. The summed E-state index contributed by atoms with van der Waals surface area (Å²) in [6, 6.07) is 7.14. The van der Waals surface area contributed by atoms with E-state index in [1.165, 1.54) is 0 Å². The van der Waals surface area contributed by atoms with Crippen molar-refractivity contribution in [1.29, 1.82) is 0 Å². The van der Waals surface area contributed by atoms with Crippen LogP contribution in [0.3, 0.4) is 0 Å². The summed E-state index contributed by atoms with van der Waals surface area (Å²) in [6.45, 7) is 2.28. The zero-order chi connectivity index (χ0) is 11.4. The van der Waals surface area contributed by atoms with Crippen molar-refractivity contribution in [3.8, 4) is 0 Å². The van der Waals surface area contributed by atoms with Gasteiger partial charge in [0.1, 0.15) is 5.76 Å². The number of carbonyl (C=O) groups is 1. The third-order valence-corrected chi connectivity index (χ3v) is 2.17. The van der Waals surface area contributed by atoms with Crippen molar-refractivity contribution in [2.45, 2.75) is 13.5 Å². The number of nitrogens with zero attached hydrogens (tertiary/aromatic N) is 1. The first-order valence-electron chi connectivity index (χ1n) is 4.99. The van der Waals surface area contributed by atoms with Crippen LogP contribution in [0.15, 0.2) is 41.1 Å². The summed E-state index contributed by atoms with van der Waals surface area (Å²) in [7, 11) is 0. The minimum absolute atomic E-state index is 0.204. The van der Waals surface area contributed by atoms with Crippen molar-refractivity contribution in [2.75, 3.05) is 0 Å². The molecular formula is C12H12N2O2. The third kappa shape index (κ3) is 2.48. The van der Waals surface area contributed by atoms with Crippen LogP contribution >= 0.6 is 0 Å². The second-order valence-corrected chi connectivity index (χ2v) is 3.45. The van der Waals surface area contributed by atoms with E-state index in [2.05, 4.69) is 10.3 Å². The molecule has 0 aliphatic rings. The highest BCUT2D eigenvalue weighted by Gasteiger charge is 2.08. The molecule has 4 nitrogen and oxygen atoms in total. The van der Waals surface area contributed by atoms with Crippen LogP contribution in [-0.4, -0.2) is 10.9 Å². The van der Waals surface area contributed by atoms with E-state index in [-0.39, 0.29) is 5.91 Å². The quantitative estimate of drug-likeness (QED) is 0.852. The standard InChI is InChI=1S/C12H12N2O2/c1-9-2-3-11(16-9)12(15)14-8-10-4-6-13-7-5-10/h2-7H,8H2,1H3,(H,14,15). The number of furan rings is 1. The lowest BCUT2D eigenvalue weighted by Gasteiger charge is -2.02. The summed E-state index contributed by atoms with van der Waals surface area (Å²) < 4.78 is 5.21. The number of aryl methyl sites for hydroxylation is 1. The molecule has 0 atom stereocenters. The molecule has 2 rings (SSSR count). The molecule has 0 aromatic carbocycles. The Bertz CT molecular complexity index is 477. The van der Waals surface area contributed by atoms with Gasteiger partial charge in [-0.1, -0.05) is 0 Å². The van der Waals surface area contributed by atoms with Crippen LogP contribution in [0.2, 0.25) is 0 Å². The lowest BCUT2D eigenvalue weighted by molar-refractivity contribution is 0.0922. The number of hydrogen-bond acceptors (Lipinski definition) is 3. The monoisotopic (exact) mass is 216 g/mol. The maximum Gasteiger partial charge on any atom is 0.287 e. The zero-order valence-electron chi connectivity index (χ0n) is 8.93. The number of nitrogens with one attached hydrogen (secondary N) is 1. The normalized spacial score (nSPS) is 10.1. The Labute approximate surface area is 93.3 Å². The largest absolute Gasteiger partial charge is 0.456 e. The topological polar surface area (TPSA) is 55.1 Å². The molecule has 0 unspecified atom stereocenters. The average molecular weight is 216 g/mol. The van der Waals surface area contributed by atoms with Gasteiger partial charge in [0.15, 0.2) is 5.76 Å². The fourth-order valence-corrected chi connectivity index (χ4v) is 1.33. The summed E-state index contributed by atoms with van der Waals surface area (Å²) in [4.78, 5) is 15.5. The SMILES string of the molecule is Cc1ccc(C(=O)NCc2ccncc2)o1. The molecule has 2 aromatic rings. The van der Waals surface area contributed by atoms with E-state index in [9.17, 15) is 4.79 Å². The van der Waals surface area contributed by atoms with Crippen LogP contribution in [0.25, 0.3) is 0 Å². The molecule has 2 heterocycles. The van der Waals surface area contributed by atoms with Crippen molar-refractivity contribution in [2.24, 2.45) is 0 Å². The predicted molar refractivity (Wildman–Crippen MR) is 58.9 cm³/mol. The first-order chi connectivity index (χ1) is 7.75. The van der Waals surface area contributed by atoms with Gasteiger partial charge >= 0.3 is 0 Å². The average Bonchev–Trinajstić information content (AvgIpc) is 2.74. The maximum absolute atomic E-state index is 11.6. The zero-order valence-corrected chi connectivity index (χ0v) is 8.93. The summed E-state index contributed by atoms with van der Waals surface area (Å²) in [5.41, 5.74) is 1.01. The van der Waals surface area contributed by atoms with Gasteiger partial charge in [-0.25, -0.2) is 0 Å². The molecular weight excluding hydrogens is 204 g/mol. The van der Waals surface area contributed by atoms with Crippen molar-refractivity contribution in [3.63, 3.8) is 0 Å². The Kier molecular flexibility index (Phi) is 3.00. The first kappa shape index (κ1) is 10.4. The van der Waals surface area contributed by atoms with Gasteiger partial charge in [0.05, 0.1) is 0 Å². The molecule has 82 valence electrons. The third-order valence-electron chi connectivity index (χ3n) is 2.17. The van der Waals surface area contributed by atoms with Gasteiger partial charge in [-0.05, 0) is 36.8 Å². The van der Waals surface area contributed by atoms with Gasteiger partial charge < -0.3 is 9.73 Å². The number of aromatic nitrogens is 1. The fraction of sp³-hybridized carbons (Fsp3) is 0.167.